The third-order valence-electron chi connectivity index (χ3n) is 2.83. The van der Waals surface area contributed by atoms with Crippen LogP contribution in [0.15, 0.2) is 23.8 Å². The Morgan fingerprint density at radius 3 is 2.92 bits per heavy atom. The van der Waals surface area contributed by atoms with Crippen LogP contribution in [0.1, 0.15) is 46.0 Å². The normalized spacial score (nSPS) is 25.5. The molecule has 0 aromatic rings. The minimum Gasteiger partial charge on any atom is -0.0999 e. The fraction of sp³-hybridized carbons (Fsp3) is 0.667. The van der Waals surface area contributed by atoms with Gasteiger partial charge in [0.1, 0.15) is 0 Å². The second-order valence-electron chi connectivity index (χ2n) is 4.06. The van der Waals surface area contributed by atoms with E-state index in [1.165, 1.54) is 37.7 Å². The SMILES string of the molecule is C=C(C)C1CCC=C(C)CCC1. The average Bonchev–Trinajstić information content (AvgIpc) is 1.95. The van der Waals surface area contributed by atoms with Crippen LogP contribution in [0.3, 0.4) is 0 Å². The van der Waals surface area contributed by atoms with Crippen LogP contribution in [0.25, 0.3) is 0 Å². The van der Waals surface area contributed by atoms with Crippen LogP contribution in [0.5, 0.6) is 0 Å². The summed E-state index contributed by atoms with van der Waals surface area (Å²) in [6, 6.07) is 0. The molecular weight excluding hydrogens is 144 g/mol. The number of hydrogen-bond donors (Lipinski definition) is 0. The maximum atomic E-state index is 4.05. The Balaban J connectivity index is 2.48. The highest BCUT2D eigenvalue weighted by atomic mass is 14.2. The van der Waals surface area contributed by atoms with Gasteiger partial charge >= 0.3 is 0 Å². The molecule has 1 aliphatic carbocycles. The number of rotatable bonds is 1. The van der Waals surface area contributed by atoms with E-state index < -0.39 is 0 Å². The molecule has 1 atom stereocenters. The van der Waals surface area contributed by atoms with Crippen molar-refractivity contribution in [3.8, 4) is 0 Å². The van der Waals surface area contributed by atoms with E-state index in [9.17, 15) is 0 Å². The summed E-state index contributed by atoms with van der Waals surface area (Å²) in [5, 5.41) is 0. The van der Waals surface area contributed by atoms with Gasteiger partial charge in [-0.2, -0.15) is 0 Å². The van der Waals surface area contributed by atoms with Gasteiger partial charge in [0.05, 0.1) is 0 Å². The fourth-order valence-corrected chi connectivity index (χ4v) is 1.90. The Hall–Kier alpha value is -0.520. The lowest BCUT2D eigenvalue weighted by atomic mass is 9.88. The van der Waals surface area contributed by atoms with Gasteiger partial charge in [-0.25, -0.2) is 0 Å². The summed E-state index contributed by atoms with van der Waals surface area (Å²) in [6.45, 7) is 8.47. The van der Waals surface area contributed by atoms with Gasteiger partial charge in [-0.1, -0.05) is 23.8 Å². The summed E-state index contributed by atoms with van der Waals surface area (Å²) in [7, 11) is 0. The van der Waals surface area contributed by atoms with Crippen molar-refractivity contribution >= 4 is 0 Å². The van der Waals surface area contributed by atoms with Crippen molar-refractivity contribution in [1.82, 2.24) is 0 Å². The fourth-order valence-electron chi connectivity index (χ4n) is 1.90. The summed E-state index contributed by atoms with van der Waals surface area (Å²) in [6.07, 6.45) is 8.95. The molecule has 0 fully saturated rings. The largest absolute Gasteiger partial charge is 0.0999 e. The van der Waals surface area contributed by atoms with Crippen molar-refractivity contribution in [2.24, 2.45) is 5.92 Å². The first kappa shape index (κ1) is 9.57. The van der Waals surface area contributed by atoms with Gasteiger partial charge in [0.2, 0.25) is 0 Å². The first-order valence-electron chi connectivity index (χ1n) is 5.01. The van der Waals surface area contributed by atoms with Crippen molar-refractivity contribution in [3.63, 3.8) is 0 Å². The highest BCUT2D eigenvalue weighted by Gasteiger charge is 2.10. The molecule has 0 heteroatoms. The monoisotopic (exact) mass is 164 g/mol. The zero-order valence-electron chi connectivity index (χ0n) is 8.40. The van der Waals surface area contributed by atoms with Crippen LogP contribution in [0.2, 0.25) is 0 Å². The standard InChI is InChI=1S/C12H20/c1-10(2)12-8-4-6-11(3)7-5-9-12/h6,12H,1,4-5,7-9H2,2-3H3. The Morgan fingerprint density at radius 1 is 1.50 bits per heavy atom. The van der Waals surface area contributed by atoms with Crippen LogP contribution in [0, 0.1) is 5.92 Å². The van der Waals surface area contributed by atoms with Gasteiger partial charge in [-0.3, -0.25) is 0 Å². The molecule has 0 heterocycles. The van der Waals surface area contributed by atoms with E-state index in [4.69, 9.17) is 0 Å². The second kappa shape index (κ2) is 4.49. The molecule has 1 unspecified atom stereocenters. The Kier molecular flexibility index (Phi) is 3.58. The zero-order chi connectivity index (χ0) is 8.97. The van der Waals surface area contributed by atoms with Gasteiger partial charge in [-0.15, -0.1) is 0 Å². The van der Waals surface area contributed by atoms with E-state index in [1.54, 1.807) is 5.57 Å². The van der Waals surface area contributed by atoms with Gasteiger partial charge < -0.3 is 0 Å². The van der Waals surface area contributed by atoms with E-state index >= 15 is 0 Å². The van der Waals surface area contributed by atoms with Crippen molar-refractivity contribution in [1.29, 1.82) is 0 Å². The summed E-state index contributed by atoms with van der Waals surface area (Å²) in [5.74, 6) is 0.786. The highest BCUT2D eigenvalue weighted by Crippen LogP contribution is 2.26. The smallest absolute Gasteiger partial charge is 0.0206 e. The molecule has 0 aliphatic heterocycles. The summed E-state index contributed by atoms with van der Waals surface area (Å²) in [4.78, 5) is 0. The minimum atomic E-state index is 0.786. The quantitative estimate of drug-likeness (QED) is 0.512. The van der Waals surface area contributed by atoms with E-state index in [1.807, 2.05) is 0 Å². The first-order chi connectivity index (χ1) is 5.70. The minimum absolute atomic E-state index is 0.786. The molecular formula is C12H20. The van der Waals surface area contributed by atoms with Crippen LogP contribution in [-0.4, -0.2) is 0 Å². The van der Waals surface area contributed by atoms with Crippen molar-refractivity contribution in [2.75, 3.05) is 0 Å². The zero-order valence-corrected chi connectivity index (χ0v) is 8.40. The number of allylic oxidation sites excluding steroid dienone is 3. The molecule has 0 saturated carbocycles. The molecule has 0 nitrogen and oxygen atoms in total. The molecule has 0 radical (unpaired) electrons. The molecule has 0 saturated heterocycles. The molecule has 0 aromatic carbocycles. The molecule has 0 amide bonds. The van der Waals surface area contributed by atoms with Crippen LogP contribution in [0.4, 0.5) is 0 Å². The predicted molar refractivity (Wildman–Crippen MR) is 55.1 cm³/mol. The average molecular weight is 164 g/mol. The highest BCUT2D eigenvalue weighted by molar-refractivity contribution is 5.03. The van der Waals surface area contributed by atoms with Gasteiger partial charge in [0.15, 0.2) is 0 Å². The van der Waals surface area contributed by atoms with Crippen molar-refractivity contribution < 1.29 is 0 Å². The van der Waals surface area contributed by atoms with Crippen LogP contribution < -0.4 is 0 Å². The lowest BCUT2D eigenvalue weighted by Gasteiger charge is -2.18. The molecule has 1 aliphatic rings. The molecule has 12 heavy (non-hydrogen) atoms. The van der Waals surface area contributed by atoms with Crippen molar-refractivity contribution in [3.05, 3.63) is 23.8 Å². The lowest BCUT2D eigenvalue weighted by molar-refractivity contribution is 0.492. The van der Waals surface area contributed by atoms with E-state index in [0.29, 0.717) is 0 Å². The summed E-state index contributed by atoms with van der Waals surface area (Å²) >= 11 is 0. The summed E-state index contributed by atoms with van der Waals surface area (Å²) < 4.78 is 0. The predicted octanol–water partition coefficient (Wildman–Crippen LogP) is 4.09. The van der Waals surface area contributed by atoms with E-state index in [2.05, 4.69) is 26.5 Å². The first-order valence-corrected chi connectivity index (χ1v) is 5.01. The second-order valence-corrected chi connectivity index (χ2v) is 4.06. The molecule has 1 rings (SSSR count). The van der Waals surface area contributed by atoms with Gasteiger partial charge in [-0.05, 0) is 51.9 Å². The Morgan fingerprint density at radius 2 is 2.25 bits per heavy atom. The molecule has 0 spiro atoms. The molecule has 0 aromatic heterocycles. The summed E-state index contributed by atoms with van der Waals surface area (Å²) in [5.41, 5.74) is 2.96. The Labute approximate surface area is 76.4 Å². The molecule has 68 valence electrons. The molecule has 0 N–H and O–H groups in total. The van der Waals surface area contributed by atoms with Gasteiger partial charge in [0, 0.05) is 0 Å². The van der Waals surface area contributed by atoms with Crippen LogP contribution in [-0.2, 0) is 0 Å². The topological polar surface area (TPSA) is 0 Å². The Bertz CT molecular complexity index is 186. The van der Waals surface area contributed by atoms with E-state index in [-0.39, 0.29) is 0 Å². The van der Waals surface area contributed by atoms with Crippen LogP contribution >= 0.6 is 0 Å². The third-order valence-corrected chi connectivity index (χ3v) is 2.83. The maximum absolute atomic E-state index is 4.05. The number of hydrogen-bond acceptors (Lipinski definition) is 0. The van der Waals surface area contributed by atoms with Gasteiger partial charge in [0.25, 0.3) is 0 Å². The van der Waals surface area contributed by atoms with Crippen molar-refractivity contribution in [2.45, 2.75) is 46.0 Å². The third kappa shape index (κ3) is 2.84. The maximum Gasteiger partial charge on any atom is -0.0206 e. The lowest BCUT2D eigenvalue weighted by Crippen LogP contribution is -2.03. The van der Waals surface area contributed by atoms with E-state index in [0.717, 1.165) is 5.92 Å². The molecule has 0 bridgehead atoms.